The van der Waals surface area contributed by atoms with Crippen LogP contribution < -0.4 is 5.32 Å². The summed E-state index contributed by atoms with van der Waals surface area (Å²) in [5, 5.41) is 3.86. The lowest BCUT2D eigenvalue weighted by Crippen LogP contribution is -2.33. The molecular weight excluding hydrogens is 474 g/mol. The van der Waals surface area contributed by atoms with Gasteiger partial charge < -0.3 is 5.32 Å². The Bertz CT molecular complexity index is 1190. The average Bonchev–Trinajstić information content (AvgIpc) is 2.83. The number of carbonyl (C=O) groups excluding carboxylic acids is 1. The van der Waals surface area contributed by atoms with Crippen LogP contribution in [0.15, 0.2) is 54.7 Å². The fourth-order valence-electron chi connectivity index (χ4n) is 4.05. The molecule has 1 aliphatic heterocycles. The van der Waals surface area contributed by atoms with E-state index in [0.717, 1.165) is 43.1 Å². The van der Waals surface area contributed by atoms with Gasteiger partial charge in [-0.1, -0.05) is 47.5 Å². The molecule has 3 heterocycles. The predicted molar refractivity (Wildman–Crippen MR) is 135 cm³/mol. The van der Waals surface area contributed by atoms with Crippen LogP contribution in [0.25, 0.3) is 6.08 Å². The van der Waals surface area contributed by atoms with E-state index >= 15 is 0 Å². The molecule has 5 nitrogen and oxygen atoms in total. The summed E-state index contributed by atoms with van der Waals surface area (Å²) in [6.07, 6.45) is 7.35. The maximum absolute atomic E-state index is 14.4. The van der Waals surface area contributed by atoms with Crippen LogP contribution in [0.4, 0.5) is 10.1 Å². The Morgan fingerprint density at radius 2 is 1.91 bits per heavy atom. The highest BCUT2D eigenvalue weighted by Crippen LogP contribution is 2.33. The number of aromatic nitrogens is 2. The average molecular weight is 499 g/mol. The predicted octanol–water partition coefficient (Wildman–Crippen LogP) is 6.38. The number of hydrogen-bond acceptors (Lipinski definition) is 4. The molecule has 0 saturated carbocycles. The number of amides is 1. The Hall–Kier alpha value is -2.80. The molecule has 176 valence electrons. The van der Waals surface area contributed by atoms with Gasteiger partial charge in [0, 0.05) is 34.8 Å². The summed E-state index contributed by atoms with van der Waals surface area (Å²) < 4.78 is 14.4. The van der Waals surface area contributed by atoms with Crippen molar-refractivity contribution in [2.75, 3.05) is 25.0 Å². The minimum Gasteiger partial charge on any atom is -0.320 e. The van der Waals surface area contributed by atoms with Crippen molar-refractivity contribution >= 4 is 40.9 Å². The van der Waals surface area contributed by atoms with Gasteiger partial charge in [0.25, 0.3) is 5.91 Å². The third kappa shape index (κ3) is 6.20. The number of hydrogen-bond donors (Lipinski definition) is 1. The highest BCUT2D eigenvalue weighted by atomic mass is 35.5. The van der Waals surface area contributed by atoms with Crippen LogP contribution in [0, 0.1) is 12.9 Å². The molecule has 1 fully saturated rings. The van der Waals surface area contributed by atoms with Crippen LogP contribution in [0.3, 0.4) is 0 Å². The number of halogens is 3. The lowest BCUT2D eigenvalue weighted by Gasteiger charge is -2.31. The largest absolute Gasteiger partial charge is 0.320 e. The van der Waals surface area contributed by atoms with E-state index in [1.165, 1.54) is 12.3 Å². The van der Waals surface area contributed by atoms with E-state index in [1.54, 1.807) is 19.1 Å². The second-order valence-electron chi connectivity index (χ2n) is 8.38. The minimum atomic E-state index is -0.506. The van der Waals surface area contributed by atoms with Crippen molar-refractivity contribution in [1.82, 2.24) is 14.9 Å². The van der Waals surface area contributed by atoms with Gasteiger partial charge in [-0.05, 0) is 68.8 Å². The number of aryl methyl sites for hydroxylation is 1. The summed E-state index contributed by atoms with van der Waals surface area (Å²) >= 11 is 11.8. The van der Waals surface area contributed by atoms with Crippen molar-refractivity contribution < 1.29 is 9.18 Å². The fourth-order valence-corrected chi connectivity index (χ4v) is 4.35. The molecule has 34 heavy (non-hydrogen) atoms. The zero-order valence-electron chi connectivity index (χ0n) is 18.8. The molecule has 1 saturated heterocycles. The molecular formula is C26H25Cl2FN4O. The summed E-state index contributed by atoms with van der Waals surface area (Å²) in [7, 11) is 0. The Morgan fingerprint density at radius 3 is 2.62 bits per heavy atom. The van der Waals surface area contributed by atoms with Crippen LogP contribution in [-0.2, 0) is 0 Å². The normalized spacial score (nSPS) is 15.1. The zero-order valence-corrected chi connectivity index (χ0v) is 20.3. The first-order valence-corrected chi connectivity index (χ1v) is 11.9. The lowest BCUT2D eigenvalue weighted by molar-refractivity contribution is 0.102. The van der Waals surface area contributed by atoms with Crippen LogP contribution in [-0.4, -0.2) is 40.4 Å². The molecule has 1 aromatic carbocycles. The Morgan fingerprint density at radius 1 is 1.18 bits per heavy atom. The van der Waals surface area contributed by atoms with Gasteiger partial charge in [-0.3, -0.25) is 9.69 Å². The molecule has 0 radical (unpaired) electrons. The maximum Gasteiger partial charge on any atom is 0.255 e. The number of anilines is 1. The Balaban J connectivity index is 1.41. The molecule has 1 amide bonds. The molecule has 4 rings (SSSR count). The fraction of sp³-hybridized carbons (Fsp3) is 0.269. The van der Waals surface area contributed by atoms with E-state index in [2.05, 4.69) is 32.3 Å². The molecule has 1 N–H and O–H groups in total. The van der Waals surface area contributed by atoms with Gasteiger partial charge in [0.1, 0.15) is 5.15 Å². The Labute approximate surface area is 208 Å². The van der Waals surface area contributed by atoms with Gasteiger partial charge in [0.05, 0.1) is 11.4 Å². The number of nitrogens with zero attached hydrogens (tertiary/aromatic N) is 3. The Kier molecular flexibility index (Phi) is 7.93. The number of nitrogens with one attached hydrogen (secondary N) is 1. The van der Waals surface area contributed by atoms with E-state index in [4.69, 9.17) is 23.2 Å². The quantitative estimate of drug-likeness (QED) is 0.400. The van der Waals surface area contributed by atoms with Gasteiger partial charge in [0.15, 0.2) is 0 Å². The van der Waals surface area contributed by atoms with Crippen molar-refractivity contribution in [3.05, 3.63) is 93.2 Å². The van der Waals surface area contributed by atoms with Gasteiger partial charge in [-0.2, -0.15) is 4.39 Å². The molecule has 0 unspecified atom stereocenters. The van der Waals surface area contributed by atoms with Gasteiger partial charge in [-0.15, -0.1) is 0 Å². The van der Waals surface area contributed by atoms with Crippen LogP contribution >= 0.6 is 23.2 Å². The van der Waals surface area contributed by atoms with E-state index in [0.29, 0.717) is 22.5 Å². The molecule has 3 aromatic rings. The maximum atomic E-state index is 14.4. The summed E-state index contributed by atoms with van der Waals surface area (Å²) in [5.74, 6) is -0.778. The molecule has 0 bridgehead atoms. The molecule has 8 heteroatoms. The minimum absolute atomic E-state index is 0.0583. The first-order chi connectivity index (χ1) is 16.4. The second kappa shape index (κ2) is 11.1. The smallest absolute Gasteiger partial charge is 0.255 e. The highest BCUT2D eigenvalue weighted by Gasteiger charge is 2.25. The van der Waals surface area contributed by atoms with Gasteiger partial charge in [0.2, 0.25) is 5.95 Å². The first kappa shape index (κ1) is 24.3. The summed E-state index contributed by atoms with van der Waals surface area (Å²) in [6.45, 7) is 4.19. The van der Waals surface area contributed by atoms with Crippen molar-refractivity contribution in [3.63, 3.8) is 0 Å². The van der Waals surface area contributed by atoms with Crippen LogP contribution in [0.1, 0.15) is 45.9 Å². The topological polar surface area (TPSA) is 58.1 Å². The number of rotatable bonds is 6. The highest BCUT2D eigenvalue weighted by molar-refractivity contribution is 6.30. The lowest BCUT2D eigenvalue weighted by atomic mass is 9.91. The van der Waals surface area contributed by atoms with Crippen molar-refractivity contribution in [3.8, 4) is 0 Å². The standard InChI is InChI=1S/C26H25Cl2FN4O/c1-17-15-22(31-26(34)20-8-11-30-23(28)16-20)24(32-25(17)29)19-9-13-33(14-10-19)12-2-3-18-4-6-21(27)7-5-18/h2-8,11,15-16,19H,9-10,12-14H2,1H3,(H,31,34)/b3-2+. The summed E-state index contributed by atoms with van der Waals surface area (Å²) in [4.78, 5) is 23.2. The number of likely N-dealkylation sites (tertiary alicyclic amines) is 1. The third-order valence-corrected chi connectivity index (χ3v) is 6.39. The first-order valence-electron chi connectivity index (χ1n) is 11.1. The molecule has 0 aliphatic carbocycles. The molecule has 1 aliphatic rings. The molecule has 0 atom stereocenters. The van der Waals surface area contributed by atoms with Crippen molar-refractivity contribution in [2.45, 2.75) is 25.7 Å². The third-order valence-electron chi connectivity index (χ3n) is 5.94. The summed E-state index contributed by atoms with van der Waals surface area (Å²) in [5.41, 5.74) is 3.01. The number of carbonyl (C=O) groups is 1. The number of pyridine rings is 2. The van der Waals surface area contributed by atoms with Crippen LogP contribution in [0.5, 0.6) is 0 Å². The van der Waals surface area contributed by atoms with E-state index in [-0.39, 0.29) is 17.0 Å². The second-order valence-corrected chi connectivity index (χ2v) is 9.20. The van der Waals surface area contributed by atoms with Crippen LogP contribution in [0.2, 0.25) is 10.2 Å². The molecule has 2 aromatic heterocycles. The van der Waals surface area contributed by atoms with Gasteiger partial charge >= 0.3 is 0 Å². The van der Waals surface area contributed by atoms with E-state index < -0.39 is 5.95 Å². The number of benzene rings is 1. The van der Waals surface area contributed by atoms with E-state index in [9.17, 15) is 9.18 Å². The van der Waals surface area contributed by atoms with Crippen molar-refractivity contribution in [2.24, 2.45) is 0 Å². The van der Waals surface area contributed by atoms with Crippen molar-refractivity contribution in [1.29, 1.82) is 0 Å². The summed E-state index contributed by atoms with van der Waals surface area (Å²) in [6, 6.07) is 12.5. The van der Waals surface area contributed by atoms with E-state index in [1.807, 2.05) is 24.3 Å². The number of piperidine rings is 1. The van der Waals surface area contributed by atoms with Gasteiger partial charge in [-0.25, -0.2) is 9.97 Å². The SMILES string of the molecule is Cc1cc(NC(=O)c2ccnc(Cl)c2)c(C2CCN(C/C=C/c3ccc(Cl)cc3)CC2)nc1F. The molecule has 0 spiro atoms. The monoisotopic (exact) mass is 498 g/mol. The zero-order chi connectivity index (χ0) is 24.1.